The van der Waals surface area contributed by atoms with Gasteiger partial charge in [-0.2, -0.15) is 0 Å². The Morgan fingerprint density at radius 2 is 2.00 bits per heavy atom. The van der Waals surface area contributed by atoms with Crippen molar-refractivity contribution in [2.75, 3.05) is 0 Å². The van der Waals surface area contributed by atoms with Gasteiger partial charge in [0.05, 0.1) is 9.85 Å². The number of nitro benzene ring substituents is 1. The summed E-state index contributed by atoms with van der Waals surface area (Å²) in [5, 5.41) is 21.3. The van der Waals surface area contributed by atoms with Gasteiger partial charge in [0.25, 0.3) is 5.69 Å². The van der Waals surface area contributed by atoms with E-state index in [4.69, 9.17) is 0 Å². The van der Waals surface area contributed by atoms with Gasteiger partial charge in [-0.25, -0.2) is 0 Å². The van der Waals surface area contributed by atoms with Crippen LogP contribution in [0.4, 0.5) is 5.69 Å². The maximum Gasteiger partial charge on any atom is 0.272 e. The van der Waals surface area contributed by atoms with Crippen LogP contribution in [0.1, 0.15) is 24.5 Å². The molecule has 0 N–H and O–H groups in total. The number of rotatable bonds is 4. The summed E-state index contributed by atoms with van der Waals surface area (Å²) in [6, 6.07) is 4.55. The summed E-state index contributed by atoms with van der Waals surface area (Å²) >= 11 is 0. The Labute approximate surface area is 97.9 Å². The summed E-state index contributed by atoms with van der Waals surface area (Å²) in [5.41, 5.74) is 1.00. The van der Waals surface area contributed by atoms with Gasteiger partial charge in [-0.15, -0.1) is 0 Å². The van der Waals surface area contributed by atoms with Crippen molar-refractivity contribution in [3.05, 3.63) is 55.3 Å². The quantitative estimate of drug-likeness (QED) is 0.594. The molecule has 0 aliphatic heterocycles. The molecule has 0 radical (unpaired) electrons. The Morgan fingerprint density at radius 3 is 2.47 bits per heavy atom. The Kier molecular flexibility index (Phi) is 3.92. The molecule has 90 valence electrons. The lowest BCUT2D eigenvalue weighted by atomic mass is 10.1. The maximum atomic E-state index is 10.7. The van der Waals surface area contributed by atoms with E-state index in [9.17, 15) is 20.2 Å². The van der Waals surface area contributed by atoms with Crippen molar-refractivity contribution in [2.45, 2.75) is 20.3 Å². The first kappa shape index (κ1) is 12.8. The molecule has 0 spiro atoms. The molecule has 0 amide bonds. The number of hydrogen-bond acceptors (Lipinski definition) is 4. The molecule has 6 heteroatoms. The van der Waals surface area contributed by atoms with Gasteiger partial charge in [-0.1, -0.05) is 19.1 Å². The summed E-state index contributed by atoms with van der Waals surface area (Å²) in [4.78, 5) is 20.4. The zero-order valence-corrected chi connectivity index (χ0v) is 9.54. The van der Waals surface area contributed by atoms with Crippen molar-refractivity contribution < 1.29 is 9.85 Å². The molecule has 17 heavy (non-hydrogen) atoms. The van der Waals surface area contributed by atoms with Crippen LogP contribution in [-0.2, 0) is 0 Å². The van der Waals surface area contributed by atoms with Crippen LogP contribution in [-0.4, -0.2) is 9.85 Å². The van der Waals surface area contributed by atoms with Crippen molar-refractivity contribution in [1.29, 1.82) is 0 Å². The average molecular weight is 236 g/mol. The minimum absolute atomic E-state index is 0.0300. The van der Waals surface area contributed by atoms with Crippen LogP contribution < -0.4 is 0 Å². The first-order chi connectivity index (χ1) is 7.95. The van der Waals surface area contributed by atoms with Gasteiger partial charge in [0.1, 0.15) is 0 Å². The molecule has 1 rings (SSSR count). The van der Waals surface area contributed by atoms with Crippen molar-refractivity contribution in [3.63, 3.8) is 0 Å². The van der Waals surface area contributed by atoms with Crippen molar-refractivity contribution in [2.24, 2.45) is 0 Å². The van der Waals surface area contributed by atoms with E-state index < -0.39 is 9.85 Å². The standard InChI is InChI=1S/C11H12N2O4/c1-3-10(12(14)15)6-9-5-4-8(2)11(7-9)13(16)17/h4-7H,3H2,1-2H3. The second-order valence-electron chi connectivity index (χ2n) is 3.55. The molecule has 1 aromatic carbocycles. The monoisotopic (exact) mass is 236 g/mol. The summed E-state index contributed by atoms with van der Waals surface area (Å²) in [6.45, 7) is 3.29. The molecule has 1 aromatic rings. The molecule has 0 aromatic heterocycles. The maximum absolute atomic E-state index is 10.7. The molecule has 0 atom stereocenters. The number of nitrogens with zero attached hydrogens (tertiary/aromatic N) is 2. The minimum Gasteiger partial charge on any atom is -0.259 e. The fourth-order valence-electron chi connectivity index (χ4n) is 1.39. The number of allylic oxidation sites excluding steroid dienone is 1. The first-order valence-electron chi connectivity index (χ1n) is 5.05. The predicted molar refractivity (Wildman–Crippen MR) is 63.1 cm³/mol. The third-order valence-electron chi connectivity index (χ3n) is 2.36. The third-order valence-corrected chi connectivity index (χ3v) is 2.36. The minimum atomic E-state index is -0.496. The highest BCUT2D eigenvalue weighted by molar-refractivity contribution is 5.57. The van der Waals surface area contributed by atoms with E-state index in [-0.39, 0.29) is 17.8 Å². The van der Waals surface area contributed by atoms with E-state index >= 15 is 0 Å². The van der Waals surface area contributed by atoms with Gasteiger partial charge in [0.2, 0.25) is 5.70 Å². The van der Waals surface area contributed by atoms with Crippen molar-refractivity contribution in [1.82, 2.24) is 0 Å². The Balaban J connectivity index is 3.20. The Bertz CT molecular complexity index is 494. The van der Waals surface area contributed by atoms with E-state index in [1.165, 1.54) is 12.1 Å². The largest absolute Gasteiger partial charge is 0.272 e. The SMILES string of the molecule is CCC(=Cc1ccc(C)c([N+](=O)[O-])c1)[N+](=O)[O-]. The number of hydrogen-bond donors (Lipinski definition) is 0. The molecular weight excluding hydrogens is 224 g/mol. The molecular formula is C11H12N2O4. The Hall–Kier alpha value is -2.24. The van der Waals surface area contributed by atoms with Gasteiger partial charge >= 0.3 is 0 Å². The van der Waals surface area contributed by atoms with Crippen LogP contribution in [0.3, 0.4) is 0 Å². The zero-order chi connectivity index (χ0) is 13.0. The lowest BCUT2D eigenvalue weighted by Crippen LogP contribution is -1.97. The summed E-state index contributed by atoms with van der Waals surface area (Å²) in [6.07, 6.45) is 1.63. The van der Waals surface area contributed by atoms with Crippen LogP contribution in [0.15, 0.2) is 23.9 Å². The highest BCUT2D eigenvalue weighted by atomic mass is 16.6. The number of benzene rings is 1. The highest BCUT2D eigenvalue weighted by Crippen LogP contribution is 2.21. The second-order valence-corrected chi connectivity index (χ2v) is 3.55. The van der Waals surface area contributed by atoms with Crippen LogP contribution in [0.5, 0.6) is 0 Å². The fourth-order valence-corrected chi connectivity index (χ4v) is 1.39. The summed E-state index contributed by atoms with van der Waals surface area (Å²) in [5.74, 6) is 0. The smallest absolute Gasteiger partial charge is 0.259 e. The number of nitro groups is 2. The fraction of sp³-hybridized carbons (Fsp3) is 0.273. The Morgan fingerprint density at radius 1 is 1.35 bits per heavy atom. The van der Waals surface area contributed by atoms with E-state index in [0.29, 0.717) is 11.1 Å². The molecule has 0 bridgehead atoms. The second kappa shape index (κ2) is 5.20. The average Bonchev–Trinajstić information content (AvgIpc) is 2.27. The van der Waals surface area contributed by atoms with Gasteiger partial charge in [0, 0.05) is 24.1 Å². The zero-order valence-electron chi connectivity index (χ0n) is 9.54. The third kappa shape index (κ3) is 3.10. The summed E-state index contributed by atoms with van der Waals surface area (Å²) < 4.78 is 0. The van der Waals surface area contributed by atoms with Gasteiger partial charge < -0.3 is 0 Å². The molecule has 0 heterocycles. The molecule has 0 aliphatic carbocycles. The van der Waals surface area contributed by atoms with Crippen molar-refractivity contribution in [3.8, 4) is 0 Å². The van der Waals surface area contributed by atoms with E-state index in [2.05, 4.69) is 0 Å². The van der Waals surface area contributed by atoms with Gasteiger partial charge in [0.15, 0.2) is 0 Å². The lowest BCUT2D eigenvalue weighted by molar-refractivity contribution is -0.425. The van der Waals surface area contributed by atoms with Crippen molar-refractivity contribution >= 4 is 11.8 Å². The van der Waals surface area contributed by atoms with E-state index in [1.807, 2.05) is 0 Å². The normalized spacial score (nSPS) is 11.3. The molecule has 0 saturated carbocycles. The molecule has 6 nitrogen and oxygen atoms in total. The van der Waals surface area contributed by atoms with Crippen LogP contribution in [0, 0.1) is 27.2 Å². The highest BCUT2D eigenvalue weighted by Gasteiger charge is 2.12. The van der Waals surface area contributed by atoms with Crippen LogP contribution in [0.25, 0.3) is 6.08 Å². The molecule has 0 fully saturated rings. The number of aryl methyl sites for hydroxylation is 1. The van der Waals surface area contributed by atoms with E-state index in [0.717, 1.165) is 0 Å². The molecule has 0 aliphatic rings. The first-order valence-corrected chi connectivity index (χ1v) is 5.05. The van der Waals surface area contributed by atoms with Crippen LogP contribution >= 0.6 is 0 Å². The predicted octanol–water partition coefficient (Wildman–Crippen LogP) is 2.93. The molecule has 0 unspecified atom stereocenters. The van der Waals surface area contributed by atoms with Gasteiger partial charge in [-0.05, 0) is 12.5 Å². The van der Waals surface area contributed by atoms with Gasteiger partial charge in [-0.3, -0.25) is 20.2 Å². The van der Waals surface area contributed by atoms with Crippen LogP contribution in [0.2, 0.25) is 0 Å². The van der Waals surface area contributed by atoms with E-state index in [1.54, 1.807) is 26.0 Å². The molecule has 0 saturated heterocycles. The summed E-state index contributed by atoms with van der Waals surface area (Å²) in [7, 11) is 0. The lowest BCUT2D eigenvalue weighted by Gasteiger charge is -1.99. The topological polar surface area (TPSA) is 86.3 Å².